The highest BCUT2D eigenvalue weighted by Crippen LogP contribution is 2.29. The van der Waals surface area contributed by atoms with E-state index in [9.17, 15) is 13.6 Å². The molecule has 0 heterocycles. The SMILES string of the molecule is CN(C)COc1ccc(I)cc1C(=O)Nc1cccc(C(C)(F)F)c1. The van der Waals surface area contributed by atoms with Gasteiger partial charge in [0.15, 0.2) is 0 Å². The Kier molecular flexibility index (Phi) is 6.34. The molecule has 0 bridgehead atoms. The highest BCUT2D eigenvalue weighted by molar-refractivity contribution is 14.1. The molecule has 0 unspecified atom stereocenters. The van der Waals surface area contributed by atoms with Gasteiger partial charge >= 0.3 is 0 Å². The van der Waals surface area contributed by atoms with Crippen molar-refractivity contribution >= 4 is 34.2 Å². The Morgan fingerprint density at radius 3 is 2.60 bits per heavy atom. The molecule has 2 aromatic carbocycles. The molecule has 0 aliphatic carbocycles. The summed E-state index contributed by atoms with van der Waals surface area (Å²) in [5.41, 5.74) is 0.501. The first-order chi connectivity index (χ1) is 11.7. The molecular weight excluding hydrogens is 441 g/mol. The first-order valence-corrected chi connectivity index (χ1v) is 8.61. The summed E-state index contributed by atoms with van der Waals surface area (Å²) in [5, 5.41) is 2.66. The largest absolute Gasteiger partial charge is 0.477 e. The number of carbonyl (C=O) groups is 1. The van der Waals surface area contributed by atoms with Gasteiger partial charge in [0, 0.05) is 21.7 Å². The molecule has 25 heavy (non-hydrogen) atoms. The van der Waals surface area contributed by atoms with Crippen LogP contribution in [-0.4, -0.2) is 31.6 Å². The van der Waals surface area contributed by atoms with Crippen molar-refractivity contribution in [1.82, 2.24) is 4.90 Å². The zero-order valence-corrected chi connectivity index (χ0v) is 16.3. The van der Waals surface area contributed by atoms with Crippen LogP contribution in [0.3, 0.4) is 0 Å². The summed E-state index contributed by atoms with van der Waals surface area (Å²) < 4.78 is 33.4. The van der Waals surface area contributed by atoms with Gasteiger partial charge in [-0.05, 0) is 67.0 Å². The normalized spacial score (nSPS) is 11.5. The first kappa shape index (κ1) is 19.6. The van der Waals surface area contributed by atoms with E-state index in [2.05, 4.69) is 27.9 Å². The van der Waals surface area contributed by atoms with Crippen LogP contribution >= 0.6 is 22.6 Å². The molecule has 0 atom stereocenters. The van der Waals surface area contributed by atoms with Crippen LogP contribution in [0.25, 0.3) is 0 Å². The minimum absolute atomic E-state index is 0.156. The van der Waals surface area contributed by atoms with Gasteiger partial charge < -0.3 is 10.1 Å². The molecule has 0 saturated heterocycles. The summed E-state index contributed by atoms with van der Waals surface area (Å²) in [6, 6.07) is 10.9. The van der Waals surface area contributed by atoms with Gasteiger partial charge in [0.05, 0.1) is 5.56 Å². The van der Waals surface area contributed by atoms with Crippen molar-refractivity contribution in [2.45, 2.75) is 12.8 Å². The molecule has 2 aromatic rings. The molecule has 0 aromatic heterocycles. The lowest BCUT2D eigenvalue weighted by molar-refractivity contribution is 0.0175. The van der Waals surface area contributed by atoms with Gasteiger partial charge in [-0.1, -0.05) is 12.1 Å². The summed E-state index contributed by atoms with van der Waals surface area (Å²) in [7, 11) is 3.70. The molecule has 0 saturated carbocycles. The van der Waals surface area contributed by atoms with Gasteiger partial charge in [-0.2, -0.15) is 0 Å². The van der Waals surface area contributed by atoms with Crippen molar-refractivity contribution in [1.29, 1.82) is 0 Å². The highest BCUT2D eigenvalue weighted by atomic mass is 127. The van der Waals surface area contributed by atoms with Crippen LogP contribution in [0.2, 0.25) is 0 Å². The van der Waals surface area contributed by atoms with Crippen molar-refractivity contribution in [2.75, 3.05) is 26.1 Å². The standard InChI is InChI=1S/C18H19F2IN2O2/c1-18(19,20)12-5-4-6-14(9-12)22-17(24)15-10-13(21)7-8-16(15)25-11-23(2)3/h4-10H,11H2,1-3H3,(H,22,24). The van der Waals surface area contributed by atoms with Crippen LogP contribution < -0.4 is 10.1 Å². The lowest BCUT2D eigenvalue weighted by Gasteiger charge is -2.16. The van der Waals surface area contributed by atoms with Crippen molar-refractivity contribution in [3.05, 3.63) is 57.2 Å². The summed E-state index contributed by atoms with van der Waals surface area (Å²) in [5.74, 6) is -2.95. The number of halogens is 3. The van der Waals surface area contributed by atoms with Crippen LogP contribution in [0.5, 0.6) is 5.75 Å². The van der Waals surface area contributed by atoms with Gasteiger partial charge in [-0.3, -0.25) is 9.69 Å². The second-order valence-electron chi connectivity index (χ2n) is 5.92. The zero-order valence-electron chi connectivity index (χ0n) is 14.1. The van der Waals surface area contributed by atoms with Gasteiger partial charge in [0.1, 0.15) is 12.5 Å². The van der Waals surface area contributed by atoms with Gasteiger partial charge in [-0.25, -0.2) is 8.78 Å². The number of amides is 1. The maximum Gasteiger partial charge on any atom is 0.270 e. The molecule has 134 valence electrons. The van der Waals surface area contributed by atoms with E-state index < -0.39 is 11.8 Å². The van der Waals surface area contributed by atoms with Crippen molar-refractivity contribution in [2.24, 2.45) is 0 Å². The summed E-state index contributed by atoms with van der Waals surface area (Å²) in [4.78, 5) is 14.4. The Balaban J connectivity index is 2.25. The number of rotatable bonds is 6. The van der Waals surface area contributed by atoms with E-state index in [0.29, 0.717) is 23.7 Å². The van der Waals surface area contributed by atoms with Crippen LogP contribution in [0.4, 0.5) is 14.5 Å². The predicted molar refractivity (Wildman–Crippen MR) is 102 cm³/mol. The second-order valence-corrected chi connectivity index (χ2v) is 7.16. The van der Waals surface area contributed by atoms with Gasteiger partial charge in [0.25, 0.3) is 11.8 Å². The molecule has 1 amide bonds. The molecule has 7 heteroatoms. The molecule has 1 N–H and O–H groups in total. The van der Waals surface area contributed by atoms with Crippen molar-refractivity contribution in [3.8, 4) is 5.75 Å². The number of carbonyl (C=O) groups excluding carboxylic acids is 1. The second kappa shape index (κ2) is 8.09. The monoisotopic (exact) mass is 460 g/mol. The van der Waals surface area contributed by atoms with Crippen LogP contribution in [-0.2, 0) is 5.92 Å². The number of ether oxygens (including phenoxy) is 1. The number of nitrogens with one attached hydrogen (secondary N) is 1. The highest BCUT2D eigenvalue weighted by Gasteiger charge is 2.24. The molecule has 0 fully saturated rings. The molecule has 0 aliphatic heterocycles. The lowest BCUT2D eigenvalue weighted by Crippen LogP contribution is -2.20. The number of anilines is 1. The van der Waals surface area contributed by atoms with Gasteiger partial charge in [-0.15, -0.1) is 0 Å². The van der Waals surface area contributed by atoms with Gasteiger partial charge in [0.2, 0.25) is 0 Å². The minimum atomic E-state index is -2.97. The quantitative estimate of drug-likeness (QED) is 0.508. The average Bonchev–Trinajstić information content (AvgIpc) is 2.53. The van der Waals surface area contributed by atoms with Crippen LogP contribution in [0.1, 0.15) is 22.8 Å². The Labute approximate surface area is 159 Å². The summed E-state index contributed by atoms with van der Waals surface area (Å²) in [6.07, 6.45) is 0. The first-order valence-electron chi connectivity index (χ1n) is 7.53. The molecular formula is C18H19F2IN2O2. The van der Waals surface area contributed by atoms with E-state index in [1.807, 2.05) is 25.1 Å². The number of hydrogen-bond donors (Lipinski definition) is 1. The maximum atomic E-state index is 13.4. The fraction of sp³-hybridized carbons (Fsp3) is 0.278. The number of nitrogens with zero attached hydrogens (tertiary/aromatic N) is 1. The summed E-state index contributed by atoms with van der Waals surface area (Å²) >= 11 is 2.10. The zero-order chi connectivity index (χ0) is 18.6. The maximum absolute atomic E-state index is 13.4. The molecule has 0 aliphatic rings. The lowest BCUT2D eigenvalue weighted by atomic mass is 10.1. The third-order valence-electron chi connectivity index (χ3n) is 3.29. The van der Waals surface area contributed by atoms with E-state index in [4.69, 9.17) is 4.74 Å². The fourth-order valence-electron chi connectivity index (χ4n) is 2.07. The minimum Gasteiger partial charge on any atom is -0.477 e. The van der Waals surface area contributed by atoms with Crippen molar-refractivity contribution < 1.29 is 18.3 Å². The van der Waals surface area contributed by atoms with Crippen LogP contribution in [0, 0.1) is 3.57 Å². The molecule has 2 rings (SSSR count). The predicted octanol–water partition coefficient (Wildman–Crippen LogP) is 4.55. The smallest absolute Gasteiger partial charge is 0.270 e. The van der Waals surface area contributed by atoms with Crippen molar-refractivity contribution in [3.63, 3.8) is 0 Å². The van der Waals surface area contributed by atoms with E-state index in [0.717, 1.165) is 10.5 Å². The topological polar surface area (TPSA) is 41.6 Å². The number of benzene rings is 2. The van der Waals surface area contributed by atoms with Crippen LogP contribution in [0.15, 0.2) is 42.5 Å². The number of alkyl halides is 2. The third kappa shape index (κ3) is 5.64. The molecule has 0 radical (unpaired) electrons. The Bertz CT molecular complexity index is 761. The summed E-state index contributed by atoms with van der Waals surface area (Å²) in [6.45, 7) is 1.14. The Morgan fingerprint density at radius 1 is 1.24 bits per heavy atom. The molecule has 4 nitrogen and oxygen atoms in total. The third-order valence-corrected chi connectivity index (χ3v) is 3.96. The Morgan fingerprint density at radius 2 is 1.96 bits per heavy atom. The van der Waals surface area contributed by atoms with E-state index in [1.54, 1.807) is 18.2 Å². The fourth-order valence-corrected chi connectivity index (χ4v) is 2.56. The van der Waals surface area contributed by atoms with E-state index in [1.165, 1.54) is 18.2 Å². The van der Waals surface area contributed by atoms with E-state index >= 15 is 0 Å². The Hall–Kier alpha value is -1.74. The van der Waals surface area contributed by atoms with E-state index in [-0.39, 0.29) is 5.56 Å². The number of hydrogen-bond acceptors (Lipinski definition) is 3. The molecule has 0 spiro atoms. The average molecular weight is 460 g/mol.